The number of amidine groups is 1. The van der Waals surface area contributed by atoms with Gasteiger partial charge in [0.1, 0.15) is 5.84 Å². The van der Waals surface area contributed by atoms with Crippen LogP contribution in [0, 0.1) is 0 Å². The molecule has 0 fully saturated rings. The first-order valence-electron chi connectivity index (χ1n) is 26.4. The maximum Gasteiger partial charge on any atom is 0.211 e. The summed E-state index contributed by atoms with van der Waals surface area (Å²) < 4.78 is 0. The number of nitrogens with one attached hydrogen (secondary N) is 7. The fourth-order valence-corrected chi connectivity index (χ4v) is 8.82. The zero-order valence-corrected chi connectivity index (χ0v) is 49.8. The van der Waals surface area contributed by atoms with E-state index in [4.69, 9.17) is 71.1 Å². The summed E-state index contributed by atoms with van der Waals surface area (Å²) >= 11 is 16.3. The molecule has 0 unspecified atom stereocenters. The molecule has 434 valence electrons. The zero-order chi connectivity index (χ0) is 60.4. The molecular formula is C59H70N22S3. The molecule has 0 amide bonds. The Hall–Kier alpha value is -9.98. The molecule has 19 N–H and O–H groups in total. The van der Waals surface area contributed by atoms with Gasteiger partial charge in [-0.05, 0) is 196 Å². The molecule has 0 bridgehead atoms. The quantitative estimate of drug-likeness (QED) is 0.0199. The first-order chi connectivity index (χ1) is 40.4. The van der Waals surface area contributed by atoms with E-state index in [0.717, 1.165) is 124 Å². The van der Waals surface area contributed by atoms with Crippen molar-refractivity contribution < 1.29 is 0 Å². The summed E-state index contributed by atoms with van der Waals surface area (Å²) in [7, 11) is 3.58. The summed E-state index contributed by atoms with van der Waals surface area (Å²) in [6.45, 7) is 7.31. The number of thiocarbonyl (C=S) groups is 3. The van der Waals surface area contributed by atoms with Gasteiger partial charge in [-0.25, -0.2) is 0 Å². The van der Waals surface area contributed by atoms with Gasteiger partial charge in [0.05, 0.1) is 17.1 Å². The summed E-state index contributed by atoms with van der Waals surface area (Å²) in [5.41, 5.74) is 47.4. The van der Waals surface area contributed by atoms with Crippen LogP contribution in [-0.4, -0.2) is 94.8 Å². The van der Waals surface area contributed by atoms with Crippen LogP contribution >= 0.6 is 36.7 Å². The fourth-order valence-electron chi connectivity index (χ4n) is 8.12. The molecule has 2 aliphatic heterocycles. The second-order valence-electron chi connectivity index (χ2n) is 18.5. The number of nitrogens with zero attached hydrogens (tertiary/aromatic N) is 9. The molecule has 25 heteroatoms. The van der Waals surface area contributed by atoms with E-state index in [1.165, 1.54) is 0 Å². The van der Waals surface area contributed by atoms with Crippen molar-refractivity contribution >= 4 is 138 Å². The smallest absolute Gasteiger partial charge is 0.211 e. The predicted molar refractivity (Wildman–Crippen MR) is 365 cm³/mol. The minimum atomic E-state index is -0.0860. The second-order valence-corrected chi connectivity index (χ2v) is 19.8. The predicted octanol–water partition coefficient (Wildman–Crippen LogP) is 8.24. The molecule has 84 heavy (non-hydrogen) atoms. The van der Waals surface area contributed by atoms with E-state index in [0.29, 0.717) is 32.5 Å². The summed E-state index contributed by atoms with van der Waals surface area (Å²) in [6.07, 6.45) is 4.30. The molecule has 0 aliphatic carbocycles. The van der Waals surface area contributed by atoms with Crippen LogP contribution in [0.5, 0.6) is 0 Å². The standard InChI is InChI=1S/2C20H23N7S.C19H24N8S/c2*1-13(26-27-19(21)22)14-5-2-7-16(11-14)24-20(28)25-17-8-3-6-15(12-17)18-9-4-10-23-18;1-12(26-27-18(20)21)14-5-4-6-16(11-14)25-19(28)24-15-9-7-13(8-10-15)17(22-2)23-3/h2*2-3,5-8,11-12H,4,9-10H2,1H3,(H4,21,22,27)(H2,24,25,28);4-11H,1-3H3,(H,22,23)(H4,20,21,27)(H2,24,25,28)/b2*26-13+;26-12+. The summed E-state index contributed by atoms with van der Waals surface area (Å²) in [4.78, 5) is 13.3. The van der Waals surface area contributed by atoms with E-state index in [-0.39, 0.29) is 17.9 Å². The molecule has 6 aromatic rings. The van der Waals surface area contributed by atoms with Gasteiger partial charge < -0.3 is 71.6 Å². The number of rotatable bonds is 15. The van der Waals surface area contributed by atoms with E-state index in [1.54, 1.807) is 7.05 Å². The van der Waals surface area contributed by atoms with Gasteiger partial charge in [-0.1, -0.05) is 60.7 Å². The Morgan fingerprint density at radius 1 is 0.405 bits per heavy atom. The van der Waals surface area contributed by atoms with Crippen molar-refractivity contribution in [2.75, 3.05) is 59.1 Å². The third-order valence-corrected chi connectivity index (χ3v) is 12.7. The van der Waals surface area contributed by atoms with Crippen molar-refractivity contribution in [3.05, 3.63) is 179 Å². The van der Waals surface area contributed by atoms with Crippen LogP contribution < -0.4 is 71.6 Å². The van der Waals surface area contributed by atoms with Crippen LogP contribution in [0.3, 0.4) is 0 Å². The molecule has 0 spiro atoms. The van der Waals surface area contributed by atoms with Gasteiger partial charge in [0.15, 0.2) is 15.3 Å². The van der Waals surface area contributed by atoms with Crippen molar-refractivity contribution in [3.8, 4) is 0 Å². The maximum atomic E-state index is 5.45. The lowest BCUT2D eigenvalue weighted by molar-refractivity contribution is 0.951. The Labute approximate surface area is 505 Å². The number of benzene rings is 6. The molecule has 6 aromatic carbocycles. The summed E-state index contributed by atoms with van der Waals surface area (Å²) in [5, 5.41) is 46.7. The SMILES string of the molecule is C/C(=N\N=C(N)N)c1cccc(NC(=S)Nc2cccc(C3=NCCC3)c2)c1.C/C(=N\N=C(N)N)c1cccc(NC(=S)Nc2cccc(C3=NCCC3)c2)c1.CN=C(NC)c1ccc(NC(=S)Nc2cccc(/C(C)=N/N=C(N)N)c2)cc1. The molecule has 0 saturated carbocycles. The number of anilines is 6. The normalized spacial score (nSPS) is 12.9. The molecule has 0 radical (unpaired) electrons. The van der Waals surface area contributed by atoms with Crippen molar-refractivity contribution in [1.29, 1.82) is 0 Å². The first-order valence-corrected chi connectivity index (χ1v) is 27.6. The van der Waals surface area contributed by atoms with Gasteiger partial charge in [-0.15, -0.1) is 15.3 Å². The average molecular weight is 1180 g/mol. The lowest BCUT2D eigenvalue weighted by Crippen LogP contribution is -2.22. The largest absolute Gasteiger partial charge is 0.373 e. The maximum absolute atomic E-state index is 5.45. The summed E-state index contributed by atoms with van der Waals surface area (Å²) in [5.74, 6) is 0.577. The van der Waals surface area contributed by atoms with E-state index >= 15 is 0 Å². The minimum absolute atomic E-state index is 0.0789. The third kappa shape index (κ3) is 21.2. The Kier molecular flexibility index (Phi) is 24.4. The lowest BCUT2D eigenvalue weighted by atomic mass is 10.1. The molecular weight excluding hydrogens is 1110 g/mol. The first kappa shape index (κ1) is 63.2. The molecule has 22 nitrogen and oxygen atoms in total. The Bertz CT molecular complexity index is 3410. The van der Waals surface area contributed by atoms with Crippen LogP contribution in [0.2, 0.25) is 0 Å². The molecule has 0 atom stereocenters. The van der Waals surface area contributed by atoms with E-state index in [1.807, 2.05) is 149 Å². The van der Waals surface area contributed by atoms with Gasteiger partial charge >= 0.3 is 0 Å². The van der Waals surface area contributed by atoms with Crippen LogP contribution in [0.15, 0.2) is 191 Å². The highest BCUT2D eigenvalue weighted by molar-refractivity contribution is 7.81. The van der Waals surface area contributed by atoms with E-state index in [2.05, 4.69) is 107 Å². The van der Waals surface area contributed by atoms with Gasteiger partial charge in [-0.3, -0.25) is 15.0 Å². The lowest BCUT2D eigenvalue weighted by Gasteiger charge is -2.12. The van der Waals surface area contributed by atoms with Gasteiger partial charge in [-0.2, -0.15) is 15.3 Å². The third-order valence-electron chi connectivity index (χ3n) is 12.1. The van der Waals surface area contributed by atoms with Gasteiger partial charge in [0.25, 0.3) is 0 Å². The Morgan fingerprint density at radius 3 is 1.02 bits per heavy atom. The summed E-state index contributed by atoms with van der Waals surface area (Å²) in [6, 6.07) is 47.1. The molecule has 0 aromatic heterocycles. The second kappa shape index (κ2) is 32.5. The monoisotopic (exact) mass is 1180 g/mol. The van der Waals surface area contributed by atoms with Crippen molar-refractivity contribution in [1.82, 2.24) is 5.32 Å². The molecule has 0 saturated heterocycles. The highest BCUT2D eigenvalue weighted by atomic mass is 32.1. The topological polar surface area (TPSA) is 352 Å². The van der Waals surface area contributed by atoms with Crippen LogP contribution in [0.1, 0.15) is 79.8 Å². The molecule has 2 heterocycles. The van der Waals surface area contributed by atoms with Crippen molar-refractivity contribution in [2.24, 2.45) is 80.0 Å². The van der Waals surface area contributed by atoms with Gasteiger partial charge in [0, 0.05) is 78.3 Å². The number of hydrogen-bond donors (Lipinski definition) is 13. The Morgan fingerprint density at radius 2 is 0.726 bits per heavy atom. The highest BCUT2D eigenvalue weighted by Gasteiger charge is 2.12. The number of hydrogen-bond acceptors (Lipinski definition) is 12. The van der Waals surface area contributed by atoms with Crippen molar-refractivity contribution in [3.63, 3.8) is 0 Å². The Balaban J connectivity index is 0.000000202. The van der Waals surface area contributed by atoms with Crippen LogP contribution in [-0.2, 0) is 0 Å². The minimum Gasteiger partial charge on any atom is -0.373 e. The van der Waals surface area contributed by atoms with E-state index in [9.17, 15) is 0 Å². The number of nitrogens with two attached hydrogens (primary N) is 6. The average Bonchev–Trinajstić information content (AvgIpc) is 4.41. The number of aliphatic imine (C=N–C) groups is 3. The van der Waals surface area contributed by atoms with Crippen LogP contribution in [0.25, 0.3) is 0 Å². The fraction of sp³-hybridized carbons (Fsp3) is 0.186. The van der Waals surface area contributed by atoms with E-state index < -0.39 is 0 Å². The van der Waals surface area contributed by atoms with Gasteiger partial charge in [0.2, 0.25) is 17.9 Å². The molecule has 8 rings (SSSR count). The zero-order valence-electron chi connectivity index (χ0n) is 47.3. The molecule has 2 aliphatic rings. The highest BCUT2D eigenvalue weighted by Crippen LogP contribution is 2.21. The van der Waals surface area contributed by atoms with Crippen molar-refractivity contribution in [2.45, 2.75) is 46.5 Å². The number of guanidine groups is 3. The van der Waals surface area contributed by atoms with Crippen LogP contribution in [0.4, 0.5) is 34.1 Å².